The predicted octanol–water partition coefficient (Wildman–Crippen LogP) is 5.38. The van der Waals surface area contributed by atoms with Crippen molar-refractivity contribution in [2.45, 2.75) is 47.0 Å². The molecule has 0 atom stereocenters. The molecule has 0 unspecified atom stereocenters. The van der Waals surface area contributed by atoms with E-state index >= 15 is 0 Å². The maximum absolute atomic E-state index is 12.2. The number of nitrogens with zero attached hydrogens (tertiary/aromatic N) is 1. The molecule has 0 spiro atoms. The van der Waals surface area contributed by atoms with Crippen molar-refractivity contribution in [3.8, 4) is 11.3 Å². The summed E-state index contributed by atoms with van der Waals surface area (Å²) in [6.07, 6.45) is 0.788. The number of aromatic nitrogens is 2. The number of esters is 1. The molecule has 0 saturated heterocycles. The van der Waals surface area contributed by atoms with Crippen LogP contribution >= 0.6 is 11.3 Å². The van der Waals surface area contributed by atoms with Crippen LogP contribution in [-0.4, -0.2) is 23.0 Å². The standard InChI is InChI=1S/C20H24N2O2S/c1-7-14-17-19(25-18(14)20(23)24-6)15(10(2)3)16(22-17)13-8-11(4)21-12(5)9-13/h8-10,22H,7H2,1-6H3. The number of methoxy groups -OCH3 is 1. The lowest BCUT2D eigenvalue weighted by molar-refractivity contribution is 0.0605. The molecule has 3 aromatic heterocycles. The average molecular weight is 356 g/mol. The van der Waals surface area contributed by atoms with Gasteiger partial charge in [-0.2, -0.15) is 0 Å². The van der Waals surface area contributed by atoms with E-state index in [1.807, 2.05) is 13.8 Å². The summed E-state index contributed by atoms with van der Waals surface area (Å²) < 4.78 is 6.14. The summed E-state index contributed by atoms with van der Waals surface area (Å²) in [5.74, 6) is 0.0877. The first-order chi connectivity index (χ1) is 11.9. The lowest BCUT2D eigenvalue weighted by Gasteiger charge is -2.10. The van der Waals surface area contributed by atoms with Gasteiger partial charge >= 0.3 is 5.97 Å². The molecule has 4 nitrogen and oxygen atoms in total. The second-order valence-electron chi connectivity index (χ2n) is 6.67. The van der Waals surface area contributed by atoms with Crippen LogP contribution in [0.1, 0.15) is 58.9 Å². The normalized spacial score (nSPS) is 11.5. The summed E-state index contributed by atoms with van der Waals surface area (Å²) in [5, 5.41) is 0. The zero-order valence-corrected chi connectivity index (χ0v) is 16.4. The summed E-state index contributed by atoms with van der Waals surface area (Å²) >= 11 is 1.54. The zero-order chi connectivity index (χ0) is 18.3. The van der Waals surface area contributed by atoms with Crippen LogP contribution in [0.15, 0.2) is 12.1 Å². The number of hydrogen-bond donors (Lipinski definition) is 1. The molecule has 0 aliphatic rings. The number of hydrogen-bond acceptors (Lipinski definition) is 4. The fourth-order valence-electron chi connectivity index (χ4n) is 3.45. The molecule has 0 aliphatic heterocycles. The number of aromatic amines is 1. The lowest BCUT2D eigenvalue weighted by atomic mass is 9.98. The van der Waals surface area contributed by atoms with Gasteiger partial charge in [0.1, 0.15) is 4.88 Å². The monoisotopic (exact) mass is 356 g/mol. The van der Waals surface area contributed by atoms with E-state index in [0.29, 0.717) is 10.8 Å². The van der Waals surface area contributed by atoms with Gasteiger partial charge in [0.15, 0.2) is 0 Å². The highest BCUT2D eigenvalue weighted by Gasteiger charge is 2.25. The van der Waals surface area contributed by atoms with E-state index in [0.717, 1.165) is 44.8 Å². The molecule has 25 heavy (non-hydrogen) atoms. The summed E-state index contributed by atoms with van der Waals surface area (Å²) in [6.45, 7) is 10.5. The first-order valence-electron chi connectivity index (χ1n) is 8.58. The van der Waals surface area contributed by atoms with Crippen molar-refractivity contribution < 1.29 is 9.53 Å². The topological polar surface area (TPSA) is 55.0 Å². The minimum atomic E-state index is -0.252. The van der Waals surface area contributed by atoms with Crippen LogP contribution in [-0.2, 0) is 11.2 Å². The molecular formula is C20H24N2O2S. The minimum absolute atomic E-state index is 0.252. The second kappa shape index (κ2) is 6.64. The van der Waals surface area contributed by atoms with Gasteiger partial charge in [-0.05, 0) is 43.9 Å². The van der Waals surface area contributed by atoms with Crippen molar-refractivity contribution in [1.82, 2.24) is 9.97 Å². The van der Waals surface area contributed by atoms with Gasteiger partial charge in [-0.15, -0.1) is 11.3 Å². The van der Waals surface area contributed by atoms with E-state index in [1.165, 1.54) is 24.0 Å². The van der Waals surface area contributed by atoms with E-state index in [1.54, 1.807) is 0 Å². The van der Waals surface area contributed by atoms with E-state index in [2.05, 4.69) is 42.9 Å². The highest BCUT2D eigenvalue weighted by atomic mass is 32.1. The van der Waals surface area contributed by atoms with Gasteiger partial charge in [-0.1, -0.05) is 20.8 Å². The number of fused-ring (bicyclic) bond motifs is 1. The predicted molar refractivity (Wildman–Crippen MR) is 104 cm³/mol. The molecule has 3 rings (SSSR count). The van der Waals surface area contributed by atoms with E-state index in [4.69, 9.17) is 4.74 Å². The third-order valence-electron chi connectivity index (χ3n) is 4.44. The average Bonchev–Trinajstić information content (AvgIpc) is 3.08. The Morgan fingerprint density at radius 2 is 1.92 bits per heavy atom. The number of rotatable bonds is 4. The number of pyridine rings is 1. The smallest absolute Gasteiger partial charge is 0.348 e. The Kier molecular flexibility index (Phi) is 4.69. The SMILES string of the molecule is CCc1c(C(=O)OC)sc2c(C(C)C)c(-c3cc(C)nc(C)c3)[nH]c12. The fraction of sp³-hybridized carbons (Fsp3) is 0.400. The molecule has 0 saturated carbocycles. The molecule has 0 amide bonds. The number of ether oxygens (including phenoxy) is 1. The second-order valence-corrected chi connectivity index (χ2v) is 7.69. The number of nitrogens with one attached hydrogen (secondary N) is 1. The molecule has 3 aromatic rings. The van der Waals surface area contributed by atoms with Gasteiger partial charge in [0.25, 0.3) is 0 Å². The van der Waals surface area contributed by atoms with Gasteiger partial charge in [-0.3, -0.25) is 4.98 Å². The Morgan fingerprint density at radius 3 is 2.44 bits per heavy atom. The Balaban J connectivity index is 2.32. The van der Waals surface area contributed by atoms with Crippen LogP contribution in [0.2, 0.25) is 0 Å². The summed E-state index contributed by atoms with van der Waals surface area (Å²) in [4.78, 5) is 21.0. The summed E-state index contributed by atoms with van der Waals surface area (Å²) in [6, 6.07) is 4.22. The molecule has 0 aliphatic carbocycles. The molecular weight excluding hydrogens is 332 g/mol. The van der Waals surface area contributed by atoms with Crippen molar-refractivity contribution >= 4 is 27.5 Å². The van der Waals surface area contributed by atoms with Crippen molar-refractivity contribution in [3.05, 3.63) is 39.5 Å². The summed E-state index contributed by atoms with van der Waals surface area (Å²) in [5.41, 5.74) is 7.67. The minimum Gasteiger partial charge on any atom is -0.465 e. The zero-order valence-electron chi connectivity index (χ0n) is 15.6. The van der Waals surface area contributed by atoms with Crippen LogP contribution in [0.3, 0.4) is 0 Å². The largest absolute Gasteiger partial charge is 0.465 e. The van der Waals surface area contributed by atoms with Crippen molar-refractivity contribution in [1.29, 1.82) is 0 Å². The summed E-state index contributed by atoms with van der Waals surface area (Å²) in [7, 11) is 1.44. The van der Waals surface area contributed by atoms with Crippen LogP contribution in [0.4, 0.5) is 0 Å². The number of carbonyl (C=O) groups is 1. The lowest BCUT2D eigenvalue weighted by Crippen LogP contribution is -2.01. The fourth-order valence-corrected chi connectivity index (χ4v) is 4.91. The molecule has 0 fully saturated rings. The number of thiophene rings is 1. The third-order valence-corrected chi connectivity index (χ3v) is 5.69. The quantitative estimate of drug-likeness (QED) is 0.638. The molecule has 132 valence electrons. The Labute approximate surface area is 152 Å². The number of H-pyrrole nitrogens is 1. The van der Waals surface area contributed by atoms with E-state index in [9.17, 15) is 4.79 Å². The Hall–Kier alpha value is -2.14. The van der Waals surface area contributed by atoms with Gasteiger partial charge in [0.05, 0.1) is 23.0 Å². The maximum atomic E-state index is 12.2. The van der Waals surface area contributed by atoms with Crippen molar-refractivity contribution in [2.75, 3.05) is 7.11 Å². The van der Waals surface area contributed by atoms with Gasteiger partial charge in [0.2, 0.25) is 0 Å². The molecule has 0 aromatic carbocycles. The molecule has 1 N–H and O–H groups in total. The first-order valence-corrected chi connectivity index (χ1v) is 9.40. The molecule has 0 bridgehead atoms. The van der Waals surface area contributed by atoms with Gasteiger partial charge in [0, 0.05) is 22.5 Å². The molecule has 5 heteroatoms. The number of aryl methyl sites for hydroxylation is 3. The molecule has 0 radical (unpaired) electrons. The van der Waals surface area contributed by atoms with Crippen LogP contribution in [0.25, 0.3) is 21.5 Å². The highest BCUT2D eigenvalue weighted by molar-refractivity contribution is 7.21. The van der Waals surface area contributed by atoms with Gasteiger partial charge < -0.3 is 9.72 Å². The van der Waals surface area contributed by atoms with Crippen molar-refractivity contribution in [3.63, 3.8) is 0 Å². The molecule has 3 heterocycles. The Morgan fingerprint density at radius 1 is 1.28 bits per heavy atom. The van der Waals surface area contributed by atoms with Gasteiger partial charge in [-0.25, -0.2) is 4.79 Å². The van der Waals surface area contributed by atoms with E-state index < -0.39 is 0 Å². The van der Waals surface area contributed by atoms with Crippen LogP contribution < -0.4 is 0 Å². The van der Waals surface area contributed by atoms with Crippen molar-refractivity contribution in [2.24, 2.45) is 0 Å². The van der Waals surface area contributed by atoms with Crippen LogP contribution in [0, 0.1) is 13.8 Å². The first kappa shape index (κ1) is 17.7. The highest BCUT2D eigenvalue weighted by Crippen LogP contribution is 2.42. The van der Waals surface area contributed by atoms with E-state index in [-0.39, 0.29) is 5.97 Å². The Bertz CT molecular complexity index is 930. The maximum Gasteiger partial charge on any atom is 0.348 e. The van der Waals surface area contributed by atoms with Crippen LogP contribution in [0.5, 0.6) is 0 Å². The number of carbonyl (C=O) groups excluding carboxylic acids is 1. The third kappa shape index (κ3) is 2.97.